The zero-order valence-electron chi connectivity index (χ0n) is 28.1. The summed E-state index contributed by atoms with van der Waals surface area (Å²) in [6.45, 7) is 0. The number of benzene rings is 4. The molecule has 2 aliphatic carbocycles. The summed E-state index contributed by atoms with van der Waals surface area (Å²) in [5, 5.41) is 11.2. The molecule has 6 atom stereocenters. The molecule has 4 aromatic carbocycles. The van der Waals surface area contributed by atoms with Gasteiger partial charge in [0.2, 0.25) is 11.8 Å². The van der Waals surface area contributed by atoms with Gasteiger partial charge in [-0.05, 0) is 85.5 Å². The van der Waals surface area contributed by atoms with E-state index in [2.05, 4.69) is 4.74 Å². The Kier molecular flexibility index (Phi) is 8.46. The predicted molar refractivity (Wildman–Crippen MR) is 190 cm³/mol. The number of carbonyl (C=O) groups is 5. The second-order valence-corrected chi connectivity index (χ2v) is 15.0. The van der Waals surface area contributed by atoms with Gasteiger partial charge in [-0.3, -0.25) is 28.9 Å². The molecule has 8 rings (SSSR count). The van der Waals surface area contributed by atoms with Crippen LogP contribution in [0.5, 0.6) is 11.5 Å². The Hall–Kier alpha value is -5.53. The monoisotopic (exact) mass is 792 g/mol. The number of nitrogens with zero attached hydrogens (tertiary/aromatic N) is 2. The highest BCUT2D eigenvalue weighted by atomic mass is 35.5. The second kappa shape index (κ2) is 12.8. The second-order valence-electron chi connectivity index (χ2n) is 13.8. The molecular formula is C40H26Cl2F4N2O7. The zero-order valence-corrected chi connectivity index (χ0v) is 29.6. The van der Waals surface area contributed by atoms with Gasteiger partial charge in [0.05, 0.1) is 23.2 Å². The van der Waals surface area contributed by atoms with Crippen molar-refractivity contribution in [3.05, 3.63) is 131 Å². The van der Waals surface area contributed by atoms with E-state index in [0.717, 1.165) is 47.4 Å². The van der Waals surface area contributed by atoms with Crippen molar-refractivity contribution >= 4 is 64.0 Å². The normalized spacial score (nSPS) is 27.4. The fourth-order valence-corrected chi connectivity index (χ4v) is 9.40. The van der Waals surface area contributed by atoms with Crippen LogP contribution >= 0.6 is 23.2 Å². The van der Waals surface area contributed by atoms with Crippen LogP contribution in [0.3, 0.4) is 0 Å². The number of phenols is 1. The van der Waals surface area contributed by atoms with E-state index in [9.17, 15) is 46.6 Å². The first-order valence-corrected chi connectivity index (χ1v) is 17.7. The topological polar surface area (TPSA) is 121 Å². The maximum atomic E-state index is 14.5. The number of ether oxygens (including phenoxy) is 1. The molecule has 2 saturated heterocycles. The number of ketones is 1. The minimum atomic E-state index is -5.15. The molecule has 15 heteroatoms. The van der Waals surface area contributed by atoms with Gasteiger partial charge in [0.15, 0.2) is 15.5 Å². The fourth-order valence-electron chi connectivity index (χ4n) is 8.48. The van der Waals surface area contributed by atoms with Gasteiger partial charge in [0.25, 0.3) is 11.8 Å². The third-order valence-electron chi connectivity index (χ3n) is 10.9. The highest BCUT2D eigenvalue weighted by Crippen LogP contribution is 2.66. The van der Waals surface area contributed by atoms with E-state index >= 15 is 0 Å². The number of anilines is 2. The highest BCUT2D eigenvalue weighted by Gasteiger charge is 2.77. The third kappa shape index (κ3) is 5.54. The van der Waals surface area contributed by atoms with Gasteiger partial charge < -0.3 is 9.84 Å². The van der Waals surface area contributed by atoms with Crippen LogP contribution in [-0.4, -0.2) is 50.6 Å². The number of allylic oxidation sites excluding steroid dienone is 2. The molecule has 0 radical (unpaired) electrons. The number of aromatic hydroxyl groups is 1. The minimum absolute atomic E-state index is 0.0791. The molecule has 0 bridgehead atoms. The number of rotatable bonds is 6. The molecule has 2 aliphatic heterocycles. The number of halogens is 6. The smallest absolute Gasteiger partial charge is 0.508 e. The van der Waals surface area contributed by atoms with Gasteiger partial charge in [-0.1, -0.05) is 42.0 Å². The van der Waals surface area contributed by atoms with E-state index in [1.807, 2.05) is 0 Å². The molecule has 1 N–H and O–H groups in total. The third-order valence-corrected chi connectivity index (χ3v) is 12.3. The zero-order chi connectivity index (χ0) is 39.2. The van der Waals surface area contributed by atoms with Crippen molar-refractivity contribution in [2.75, 3.05) is 9.80 Å². The average Bonchev–Trinajstić information content (AvgIpc) is 3.50. The van der Waals surface area contributed by atoms with Crippen LogP contribution in [0.2, 0.25) is 0 Å². The van der Waals surface area contributed by atoms with Gasteiger partial charge in [0.1, 0.15) is 17.3 Å². The summed E-state index contributed by atoms with van der Waals surface area (Å²) < 4.78 is 58.2. The Morgan fingerprint density at radius 3 is 2.05 bits per heavy atom. The molecule has 280 valence electrons. The summed E-state index contributed by atoms with van der Waals surface area (Å²) in [5.41, 5.74) is 0.640. The Morgan fingerprint density at radius 2 is 1.40 bits per heavy atom. The average molecular weight is 794 g/mol. The first-order chi connectivity index (χ1) is 26.0. The van der Waals surface area contributed by atoms with Crippen LogP contribution in [0.1, 0.15) is 40.2 Å². The van der Waals surface area contributed by atoms with Gasteiger partial charge in [-0.25, -0.2) is 9.29 Å². The molecule has 9 nitrogen and oxygen atoms in total. The largest absolute Gasteiger partial charge is 0.573 e. The van der Waals surface area contributed by atoms with Gasteiger partial charge in [0, 0.05) is 22.6 Å². The van der Waals surface area contributed by atoms with Crippen molar-refractivity contribution in [1.29, 1.82) is 0 Å². The molecule has 1 saturated carbocycles. The van der Waals surface area contributed by atoms with Crippen molar-refractivity contribution in [1.82, 2.24) is 0 Å². The van der Waals surface area contributed by atoms with Crippen molar-refractivity contribution in [3.63, 3.8) is 0 Å². The van der Waals surface area contributed by atoms with Crippen molar-refractivity contribution in [3.8, 4) is 11.5 Å². The van der Waals surface area contributed by atoms with Crippen molar-refractivity contribution < 1.29 is 51.4 Å². The van der Waals surface area contributed by atoms with Gasteiger partial charge >= 0.3 is 6.36 Å². The summed E-state index contributed by atoms with van der Waals surface area (Å²) in [4.78, 5) is 67.1. The first kappa shape index (κ1) is 36.4. The van der Waals surface area contributed by atoms with E-state index in [-0.39, 0.29) is 34.7 Å². The van der Waals surface area contributed by atoms with Crippen LogP contribution in [0.15, 0.2) is 109 Å². The van der Waals surface area contributed by atoms with Crippen molar-refractivity contribution in [2.45, 2.75) is 34.9 Å². The van der Waals surface area contributed by atoms with E-state index in [4.69, 9.17) is 23.2 Å². The molecule has 4 aliphatic rings. The molecular weight excluding hydrogens is 767 g/mol. The maximum absolute atomic E-state index is 14.5. The number of amides is 4. The molecule has 4 aromatic rings. The lowest BCUT2D eigenvalue weighted by molar-refractivity contribution is -0.274. The van der Waals surface area contributed by atoms with Crippen molar-refractivity contribution in [2.24, 2.45) is 17.8 Å². The Morgan fingerprint density at radius 1 is 0.782 bits per heavy atom. The van der Waals surface area contributed by atoms with Gasteiger partial charge in [-0.2, -0.15) is 0 Å². The van der Waals surface area contributed by atoms with Crippen LogP contribution in [-0.2, 0) is 19.2 Å². The molecule has 4 amide bonds. The fraction of sp³-hybridized carbons (Fsp3) is 0.225. The number of phenolic OH excluding ortho intramolecular Hbond substituents is 1. The lowest BCUT2D eigenvalue weighted by Gasteiger charge is -2.50. The Labute approximate surface area is 319 Å². The summed E-state index contributed by atoms with van der Waals surface area (Å²) in [6.07, 6.45) is -4.16. The SMILES string of the molecule is O=C(c1ccccc1)c1ccc(N2C(=O)C3CC=C4C(CC5(Cl)C(=O)N(c6ccc(F)cc6)C(=O)C5(Cl)C4c4cc(OC(F)(F)F)ccc4O)C3C2=O)cc1. The number of imide groups is 2. The molecule has 3 fully saturated rings. The molecule has 0 aromatic heterocycles. The van der Waals surface area contributed by atoms with E-state index in [0.29, 0.717) is 16.0 Å². The molecule has 6 unspecified atom stereocenters. The maximum Gasteiger partial charge on any atom is 0.573 e. The molecule has 55 heavy (non-hydrogen) atoms. The number of hydrogen-bond donors (Lipinski definition) is 1. The van der Waals surface area contributed by atoms with Gasteiger partial charge in [-0.15, -0.1) is 36.4 Å². The summed E-state index contributed by atoms with van der Waals surface area (Å²) in [7, 11) is 0. The van der Waals surface area contributed by atoms with E-state index < -0.39 is 87.1 Å². The number of hydrogen-bond acceptors (Lipinski definition) is 7. The molecule has 0 spiro atoms. The summed E-state index contributed by atoms with van der Waals surface area (Å²) >= 11 is 14.6. The van der Waals surface area contributed by atoms with Crippen LogP contribution < -0.4 is 14.5 Å². The lowest BCUT2D eigenvalue weighted by Crippen LogP contribution is -2.60. The van der Waals surface area contributed by atoms with Crippen LogP contribution in [0.25, 0.3) is 0 Å². The summed E-state index contributed by atoms with van der Waals surface area (Å²) in [5.74, 6) is -10.7. The summed E-state index contributed by atoms with van der Waals surface area (Å²) in [6, 6.07) is 21.2. The minimum Gasteiger partial charge on any atom is -0.508 e. The standard InChI is InChI=1S/C40H26Cl2F4N2O7/c41-38-19-29-26(15-16-27-31(29)35(52)47(34(27)51)23-10-6-21(7-11-23)33(50)20-4-2-1-3-5-20)32(28-18-25(14-17-30(28)49)55-40(44,45)46)39(38,42)37(54)48(36(38)53)24-12-8-22(43)9-13-24/h1-15,17-18,27,29,31-32,49H,16,19H2. The lowest BCUT2D eigenvalue weighted by atomic mass is 9.56. The highest BCUT2D eigenvalue weighted by molar-refractivity contribution is 6.58. The first-order valence-electron chi connectivity index (χ1n) is 16.9. The van der Waals surface area contributed by atoms with E-state index in [1.165, 1.54) is 24.3 Å². The predicted octanol–water partition coefficient (Wildman–Crippen LogP) is 7.43. The Bertz CT molecular complexity index is 2340. The Balaban J connectivity index is 1.23. The van der Waals surface area contributed by atoms with E-state index in [1.54, 1.807) is 36.4 Å². The van der Waals surface area contributed by atoms with Crippen LogP contribution in [0.4, 0.5) is 28.9 Å². The number of fused-ring (bicyclic) bond motifs is 4. The van der Waals surface area contributed by atoms with Crippen LogP contribution in [0, 0.1) is 23.6 Å². The molecule has 2 heterocycles. The number of carbonyl (C=O) groups excluding carboxylic acids is 5. The number of alkyl halides is 5. The quantitative estimate of drug-likeness (QED) is 0.0709.